The van der Waals surface area contributed by atoms with Gasteiger partial charge >= 0.3 is 0 Å². The van der Waals surface area contributed by atoms with Gasteiger partial charge in [0, 0.05) is 13.0 Å². The predicted molar refractivity (Wildman–Crippen MR) is 143 cm³/mol. The number of hydrogen-bond donors (Lipinski definition) is 1. The molecule has 0 saturated carbocycles. The van der Waals surface area contributed by atoms with Crippen LogP contribution in [0.3, 0.4) is 0 Å². The number of rotatable bonds is 24. The number of aliphatic carboxylic acids is 1. The Labute approximate surface area is 210 Å². The molecule has 5 heteroatoms. The topological polar surface area (TPSA) is 78.5 Å². The molecular weight excluding hydrogens is 422 g/mol. The third-order valence-corrected chi connectivity index (χ3v) is 6.95. The lowest BCUT2D eigenvalue weighted by atomic mass is 10.0. The smallest absolute Gasteiger partial charge is 0.208 e. The molecule has 1 rings (SSSR count). The highest BCUT2D eigenvalue weighted by Crippen LogP contribution is 2.20. The van der Waals surface area contributed by atoms with Crippen molar-refractivity contribution in [1.82, 2.24) is 0 Å². The molecule has 0 aromatic rings. The molecule has 1 aliphatic rings. The van der Waals surface area contributed by atoms with Crippen molar-refractivity contribution in [1.29, 1.82) is 0 Å². The first-order valence-electron chi connectivity index (χ1n) is 14.3. The van der Waals surface area contributed by atoms with Crippen molar-refractivity contribution >= 4 is 11.8 Å². The van der Waals surface area contributed by atoms with Gasteiger partial charge in [-0.2, -0.15) is 0 Å². The van der Waals surface area contributed by atoms with Gasteiger partial charge in [-0.15, -0.1) is 0 Å². The van der Waals surface area contributed by atoms with Crippen LogP contribution in [0.25, 0.3) is 0 Å². The van der Waals surface area contributed by atoms with Gasteiger partial charge in [-0.05, 0) is 19.3 Å². The largest absolute Gasteiger partial charge is 0.544 e. The fraction of sp³-hybridized carbons (Fsp3) is 0.793. The maximum Gasteiger partial charge on any atom is 0.208 e. The van der Waals surface area contributed by atoms with Crippen molar-refractivity contribution in [2.75, 3.05) is 19.6 Å². The van der Waals surface area contributed by atoms with Gasteiger partial charge in [0.1, 0.15) is 19.3 Å². The van der Waals surface area contributed by atoms with Crippen molar-refractivity contribution < 1.29 is 14.4 Å². The number of carboxylic acid groups (broad SMARTS) is 1. The molecule has 0 fully saturated rings. The second-order valence-corrected chi connectivity index (χ2v) is 10.0. The Hall–Kier alpha value is -1.46. The van der Waals surface area contributed by atoms with Crippen molar-refractivity contribution in [2.45, 2.75) is 129 Å². The zero-order chi connectivity index (χ0) is 24.7. The summed E-state index contributed by atoms with van der Waals surface area (Å²) in [6, 6.07) is 0. The Bertz CT molecular complexity index is 600. The number of carbonyl (C=O) groups excluding carboxylic acids is 1. The molecule has 1 heterocycles. The van der Waals surface area contributed by atoms with Gasteiger partial charge in [-0.25, -0.2) is 9.48 Å². The second kappa shape index (κ2) is 20.9. The quantitative estimate of drug-likeness (QED) is 0.0999. The lowest BCUT2D eigenvalue weighted by Gasteiger charge is -2.32. The Morgan fingerprint density at radius 2 is 1.35 bits per heavy atom. The van der Waals surface area contributed by atoms with E-state index in [1.165, 1.54) is 103 Å². The van der Waals surface area contributed by atoms with Gasteiger partial charge < -0.3 is 15.6 Å². The van der Waals surface area contributed by atoms with Crippen LogP contribution in [0.4, 0.5) is 0 Å². The summed E-state index contributed by atoms with van der Waals surface area (Å²) >= 11 is 0. The van der Waals surface area contributed by atoms with Gasteiger partial charge in [-0.1, -0.05) is 115 Å². The number of carboxylic acids is 1. The molecule has 196 valence electrons. The number of hydrogen-bond acceptors (Lipinski definition) is 4. The van der Waals surface area contributed by atoms with Crippen LogP contribution >= 0.6 is 0 Å². The van der Waals surface area contributed by atoms with Crippen LogP contribution < -0.4 is 10.8 Å². The van der Waals surface area contributed by atoms with Gasteiger partial charge in [0.15, 0.2) is 0 Å². The third kappa shape index (κ3) is 14.7. The van der Waals surface area contributed by atoms with Crippen LogP contribution in [0.2, 0.25) is 0 Å². The minimum atomic E-state index is -1.06. The first-order valence-corrected chi connectivity index (χ1v) is 14.3. The highest BCUT2D eigenvalue weighted by atomic mass is 16.4. The van der Waals surface area contributed by atoms with Crippen LogP contribution in [0.5, 0.6) is 0 Å². The van der Waals surface area contributed by atoms with Crippen molar-refractivity contribution in [3.63, 3.8) is 0 Å². The summed E-state index contributed by atoms with van der Waals surface area (Å²) in [5, 5.41) is 11.2. The summed E-state index contributed by atoms with van der Waals surface area (Å²) < 4.78 is 0.214. The summed E-state index contributed by atoms with van der Waals surface area (Å²) in [6.45, 7) is 3.17. The summed E-state index contributed by atoms with van der Waals surface area (Å²) in [7, 11) is 0. The van der Waals surface area contributed by atoms with Crippen molar-refractivity contribution in [3.8, 4) is 0 Å². The molecule has 0 saturated heterocycles. The van der Waals surface area contributed by atoms with E-state index in [1.807, 2.05) is 6.20 Å². The normalized spacial score (nSPS) is 17.6. The van der Waals surface area contributed by atoms with Crippen LogP contribution in [0.1, 0.15) is 129 Å². The van der Waals surface area contributed by atoms with E-state index in [4.69, 9.17) is 5.73 Å². The van der Waals surface area contributed by atoms with Gasteiger partial charge in [-0.3, -0.25) is 0 Å². The molecule has 0 aromatic carbocycles. The second-order valence-electron chi connectivity index (χ2n) is 10.0. The number of nitrogens with two attached hydrogens (primary N) is 1. The van der Waals surface area contributed by atoms with E-state index in [2.05, 4.69) is 24.1 Å². The molecule has 0 bridgehead atoms. The molecule has 5 nitrogen and oxygen atoms in total. The van der Waals surface area contributed by atoms with E-state index in [9.17, 15) is 9.90 Å². The maximum absolute atomic E-state index is 11.2. The molecule has 34 heavy (non-hydrogen) atoms. The predicted octanol–water partition coefficient (Wildman–Crippen LogP) is 6.38. The number of aliphatic imine (C=N–C) groups is 1. The molecule has 0 aromatic heterocycles. The van der Waals surface area contributed by atoms with E-state index in [0.717, 1.165) is 25.1 Å². The third-order valence-electron chi connectivity index (χ3n) is 6.95. The highest BCUT2D eigenvalue weighted by molar-refractivity contribution is 5.81. The Kier molecular flexibility index (Phi) is 18.8. The molecule has 1 atom stereocenters. The van der Waals surface area contributed by atoms with Gasteiger partial charge in [0.25, 0.3) is 0 Å². The number of quaternary nitrogens is 1. The first kappa shape index (κ1) is 30.6. The fourth-order valence-corrected chi connectivity index (χ4v) is 4.88. The Balaban J connectivity index is 1.92. The first-order chi connectivity index (χ1) is 16.6. The molecular formula is C29H53N3O2. The molecule has 0 spiro atoms. The maximum atomic E-state index is 11.2. The van der Waals surface area contributed by atoms with Crippen molar-refractivity contribution in [2.24, 2.45) is 10.7 Å². The monoisotopic (exact) mass is 475 g/mol. The minimum absolute atomic E-state index is 0.0879. The summed E-state index contributed by atoms with van der Waals surface area (Å²) in [6.07, 6.45) is 33.2. The summed E-state index contributed by atoms with van der Waals surface area (Å²) in [5.41, 5.74) is 5.71. The Morgan fingerprint density at radius 1 is 0.853 bits per heavy atom. The van der Waals surface area contributed by atoms with E-state index in [0.29, 0.717) is 13.1 Å². The summed E-state index contributed by atoms with van der Waals surface area (Å²) in [5.74, 6) is -0.187. The van der Waals surface area contributed by atoms with Crippen LogP contribution in [0.15, 0.2) is 29.5 Å². The highest BCUT2D eigenvalue weighted by Gasteiger charge is 2.34. The van der Waals surface area contributed by atoms with Crippen molar-refractivity contribution in [3.05, 3.63) is 24.6 Å². The van der Waals surface area contributed by atoms with E-state index in [-0.39, 0.29) is 11.0 Å². The zero-order valence-corrected chi connectivity index (χ0v) is 22.2. The summed E-state index contributed by atoms with van der Waals surface area (Å²) in [4.78, 5) is 15.6. The number of carbonyl (C=O) groups is 1. The standard InChI is InChI=1S/C29H53N3O2/c1-2-3-4-5-6-7-8-9-10-11-12-13-14-15-16-17-18-19-20-21-22-28-31-24-26-32(28,25-23-30)27-29(33)34/h19-20,24,26H,2-18,21-23,25,27,30H2,1H3/b20-19+. The molecule has 1 unspecified atom stereocenters. The minimum Gasteiger partial charge on any atom is -0.544 e. The number of amidine groups is 1. The molecule has 0 radical (unpaired) electrons. The van der Waals surface area contributed by atoms with Gasteiger partial charge in [0.05, 0.1) is 12.2 Å². The number of unbranched alkanes of at least 4 members (excludes halogenated alkanes) is 16. The molecule has 0 amide bonds. The van der Waals surface area contributed by atoms with E-state index in [1.54, 1.807) is 6.20 Å². The van der Waals surface area contributed by atoms with Crippen LogP contribution in [-0.2, 0) is 4.79 Å². The van der Waals surface area contributed by atoms with Gasteiger partial charge in [0.2, 0.25) is 5.84 Å². The Morgan fingerprint density at radius 3 is 1.85 bits per heavy atom. The lowest BCUT2D eigenvalue weighted by molar-refractivity contribution is -0.780. The SMILES string of the molecule is CCCCCCCCCCCCCCCCCC/C=C/CCC1=NC=C[N+]1(CCN)CC(=O)[O-]. The van der Waals surface area contributed by atoms with E-state index >= 15 is 0 Å². The molecule has 0 aliphatic carbocycles. The average molecular weight is 476 g/mol. The number of nitrogens with zero attached hydrogens (tertiary/aromatic N) is 2. The zero-order valence-electron chi connectivity index (χ0n) is 22.2. The van der Waals surface area contributed by atoms with Crippen LogP contribution in [-0.4, -0.2) is 35.9 Å². The average Bonchev–Trinajstić information content (AvgIpc) is 3.19. The number of allylic oxidation sites excluding steroid dienone is 2. The molecule has 1 aliphatic heterocycles. The lowest BCUT2D eigenvalue weighted by Crippen LogP contribution is -2.54. The molecule has 2 N–H and O–H groups in total. The van der Waals surface area contributed by atoms with Crippen LogP contribution in [0, 0.1) is 0 Å². The van der Waals surface area contributed by atoms with E-state index < -0.39 is 5.97 Å². The fourth-order valence-electron chi connectivity index (χ4n) is 4.88.